The summed E-state index contributed by atoms with van der Waals surface area (Å²) in [4.78, 5) is 24.2. The standard InChI is InChI=1S/C13H18F6O7S2/c1-5-26-10(21)7(9(20)11(2,3)4)6-8(27(22,23)12(14,15)16)28(24,25)13(17,18)19/h7-8H,5-6H2,1-4H3. The van der Waals surface area contributed by atoms with Gasteiger partial charge in [-0.15, -0.1) is 0 Å². The number of Topliss-reactive ketones (excluding diaryl/α,β-unsaturated/α-hetero) is 1. The molecule has 0 heterocycles. The first-order chi connectivity index (χ1) is 12.1. The normalized spacial score (nSPS) is 15.4. The number of esters is 1. The molecule has 1 atom stereocenters. The Hall–Kier alpha value is -1.38. The topological polar surface area (TPSA) is 112 Å². The summed E-state index contributed by atoms with van der Waals surface area (Å²) < 4.78 is 123. The molecule has 166 valence electrons. The van der Waals surface area contributed by atoms with E-state index in [2.05, 4.69) is 4.74 Å². The van der Waals surface area contributed by atoms with E-state index < -0.39 is 71.4 Å². The Labute approximate surface area is 157 Å². The number of alkyl halides is 6. The fourth-order valence-electron chi connectivity index (χ4n) is 1.99. The maximum atomic E-state index is 12.8. The quantitative estimate of drug-likeness (QED) is 0.323. The van der Waals surface area contributed by atoms with Crippen molar-refractivity contribution >= 4 is 31.4 Å². The van der Waals surface area contributed by atoms with Crippen LogP contribution in [0.2, 0.25) is 0 Å². The molecule has 28 heavy (non-hydrogen) atoms. The summed E-state index contributed by atoms with van der Waals surface area (Å²) in [6, 6.07) is 0. The van der Waals surface area contributed by atoms with Crippen LogP contribution in [0, 0.1) is 11.3 Å². The summed E-state index contributed by atoms with van der Waals surface area (Å²) in [5.74, 6) is -5.41. The van der Waals surface area contributed by atoms with Crippen molar-refractivity contribution in [2.75, 3.05) is 6.61 Å². The van der Waals surface area contributed by atoms with Gasteiger partial charge in [0.2, 0.25) is 0 Å². The van der Waals surface area contributed by atoms with E-state index in [1.165, 1.54) is 6.92 Å². The zero-order valence-electron chi connectivity index (χ0n) is 15.0. The zero-order chi connectivity index (χ0) is 22.9. The molecule has 0 aliphatic carbocycles. The fourth-order valence-corrected chi connectivity index (χ4v) is 5.46. The molecule has 0 aromatic carbocycles. The smallest absolute Gasteiger partial charge is 0.465 e. The minimum Gasteiger partial charge on any atom is -0.465 e. The first-order valence-electron chi connectivity index (χ1n) is 7.43. The molecule has 0 amide bonds. The highest BCUT2D eigenvalue weighted by atomic mass is 32.3. The Kier molecular flexibility index (Phi) is 7.76. The molecule has 0 aliphatic heterocycles. The average molecular weight is 464 g/mol. The van der Waals surface area contributed by atoms with E-state index in [0.29, 0.717) is 0 Å². The molecule has 0 saturated carbocycles. The molecule has 1 unspecified atom stereocenters. The largest absolute Gasteiger partial charge is 0.498 e. The van der Waals surface area contributed by atoms with Crippen molar-refractivity contribution in [1.82, 2.24) is 0 Å². The lowest BCUT2D eigenvalue weighted by Crippen LogP contribution is -2.48. The monoisotopic (exact) mass is 464 g/mol. The second kappa shape index (κ2) is 8.16. The van der Waals surface area contributed by atoms with Gasteiger partial charge < -0.3 is 4.74 Å². The minimum atomic E-state index is -6.97. The second-order valence-corrected chi connectivity index (χ2v) is 11.1. The third-order valence-corrected chi connectivity index (χ3v) is 7.97. The summed E-state index contributed by atoms with van der Waals surface area (Å²) in [5.41, 5.74) is -14.3. The van der Waals surface area contributed by atoms with Gasteiger partial charge in [0, 0.05) is 5.41 Å². The van der Waals surface area contributed by atoms with E-state index in [-0.39, 0.29) is 0 Å². The molecule has 0 rings (SSSR count). The first-order valence-corrected chi connectivity index (χ1v) is 10.5. The third-order valence-electron chi connectivity index (χ3n) is 3.39. The van der Waals surface area contributed by atoms with Crippen LogP contribution in [0.25, 0.3) is 0 Å². The number of hydrogen-bond donors (Lipinski definition) is 0. The third kappa shape index (κ3) is 5.58. The Morgan fingerprint density at radius 1 is 0.857 bits per heavy atom. The van der Waals surface area contributed by atoms with Crippen LogP contribution in [-0.4, -0.2) is 50.8 Å². The molecule has 0 fully saturated rings. The maximum Gasteiger partial charge on any atom is 0.498 e. The van der Waals surface area contributed by atoms with E-state index >= 15 is 0 Å². The number of rotatable bonds is 7. The van der Waals surface area contributed by atoms with Crippen LogP contribution in [-0.2, 0) is 34.0 Å². The van der Waals surface area contributed by atoms with Crippen LogP contribution in [0.3, 0.4) is 0 Å². The Balaban J connectivity index is 6.67. The average Bonchev–Trinajstić information content (AvgIpc) is 2.43. The molecule has 0 radical (unpaired) electrons. The van der Waals surface area contributed by atoms with Crippen molar-refractivity contribution in [3.05, 3.63) is 0 Å². The van der Waals surface area contributed by atoms with Crippen LogP contribution in [0.1, 0.15) is 34.1 Å². The predicted molar refractivity (Wildman–Crippen MR) is 82.9 cm³/mol. The van der Waals surface area contributed by atoms with Crippen LogP contribution in [0.4, 0.5) is 26.3 Å². The summed E-state index contributed by atoms with van der Waals surface area (Å²) in [6.45, 7) is 4.19. The zero-order valence-corrected chi connectivity index (χ0v) is 16.6. The lowest BCUT2D eigenvalue weighted by atomic mass is 9.82. The molecule has 7 nitrogen and oxygen atoms in total. The fraction of sp³-hybridized carbons (Fsp3) is 0.846. The van der Waals surface area contributed by atoms with Crippen molar-refractivity contribution in [3.8, 4) is 0 Å². The maximum absolute atomic E-state index is 12.8. The van der Waals surface area contributed by atoms with Crippen molar-refractivity contribution in [2.24, 2.45) is 11.3 Å². The number of halogens is 6. The Bertz CT molecular complexity index is 760. The number of hydrogen-bond acceptors (Lipinski definition) is 7. The molecular weight excluding hydrogens is 446 g/mol. The van der Waals surface area contributed by atoms with E-state index in [9.17, 15) is 52.8 Å². The Morgan fingerprint density at radius 3 is 1.46 bits per heavy atom. The van der Waals surface area contributed by atoms with Gasteiger partial charge >= 0.3 is 17.0 Å². The summed E-state index contributed by atoms with van der Waals surface area (Å²) in [5, 5.41) is 0. The van der Waals surface area contributed by atoms with Crippen LogP contribution in [0.15, 0.2) is 0 Å². The molecule has 0 saturated heterocycles. The summed E-state index contributed by atoms with van der Waals surface area (Å²) in [7, 11) is -13.9. The lowest BCUT2D eigenvalue weighted by molar-refractivity contribution is -0.154. The predicted octanol–water partition coefficient (Wildman–Crippen LogP) is 2.37. The van der Waals surface area contributed by atoms with Crippen LogP contribution in [0.5, 0.6) is 0 Å². The SMILES string of the molecule is CCOC(=O)C(CC(S(=O)(=O)C(F)(F)F)S(=O)(=O)C(F)(F)F)C(=O)C(C)(C)C. The highest BCUT2D eigenvalue weighted by molar-refractivity contribution is 8.09. The molecular formula is C13H18F6O7S2. The van der Waals surface area contributed by atoms with Gasteiger partial charge in [0.1, 0.15) is 5.92 Å². The summed E-state index contributed by atoms with van der Waals surface area (Å²) in [6.07, 6.45) is -2.10. The van der Waals surface area contributed by atoms with Crippen molar-refractivity contribution in [3.63, 3.8) is 0 Å². The molecule has 15 heteroatoms. The molecule has 0 spiro atoms. The van der Waals surface area contributed by atoms with Gasteiger partial charge in [0.05, 0.1) is 6.61 Å². The lowest BCUT2D eigenvalue weighted by Gasteiger charge is -2.27. The number of ether oxygens (including phenoxy) is 1. The van der Waals surface area contributed by atoms with Crippen molar-refractivity contribution in [1.29, 1.82) is 0 Å². The number of sulfone groups is 2. The van der Waals surface area contributed by atoms with E-state index in [4.69, 9.17) is 0 Å². The first kappa shape index (κ1) is 26.6. The molecule has 0 aromatic rings. The van der Waals surface area contributed by atoms with Gasteiger partial charge in [0.25, 0.3) is 19.7 Å². The number of carbonyl (C=O) groups excluding carboxylic acids is 2. The van der Waals surface area contributed by atoms with Gasteiger partial charge in [-0.3, -0.25) is 9.59 Å². The van der Waals surface area contributed by atoms with Crippen LogP contribution < -0.4 is 0 Å². The molecule has 0 bridgehead atoms. The highest BCUT2D eigenvalue weighted by Crippen LogP contribution is 2.40. The van der Waals surface area contributed by atoms with Gasteiger partial charge in [-0.1, -0.05) is 20.8 Å². The van der Waals surface area contributed by atoms with Gasteiger partial charge in [-0.2, -0.15) is 26.3 Å². The number of ketones is 1. The van der Waals surface area contributed by atoms with Crippen LogP contribution >= 0.6 is 0 Å². The highest BCUT2D eigenvalue weighted by Gasteiger charge is 2.64. The second-order valence-electron chi connectivity index (χ2n) is 6.57. The van der Waals surface area contributed by atoms with E-state index in [1.807, 2.05) is 0 Å². The molecule has 0 N–H and O–H groups in total. The van der Waals surface area contributed by atoms with E-state index in [0.717, 1.165) is 20.8 Å². The Morgan fingerprint density at radius 2 is 1.21 bits per heavy atom. The van der Waals surface area contributed by atoms with Crippen molar-refractivity contribution in [2.45, 2.75) is 49.7 Å². The van der Waals surface area contributed by atoms with Gasteiger partial charge in [-0.25, -0.2) is 16.8 Å². The van der Waals surface area contributed by atoms with Gasteiger partial charge in [0.15, 0.2) is 10.4 Å². The minimum absolute atomic E-state index is 0.449. The number of carbonyl (C=O) groups is 2. The van der Waals surface area contributed by atoms with Gasteiger partial charge in [-0.05, 0) is 13.3 Å². The van der Waals surface area contributed by atoms with Crippen molar-refractivity contribution < 1.29 is 57.5 Å². The van der Waals surface area contributed by atoms with E-state index in [1.54, 1.807) is 0 Å². The molecule has 0 aliphatic rings. The summed E-state index contributed by atoms with van der Waals surface area (Å²) >= 11 is 0. The molecule has 0 aromatic heterocycles.